The number of carbonyl (C=O) groups is 1. The number of nitro groups is 1. The third-order valence-corrected chi connectivity index (χ3v) is 7.11. The lowest BCUT2D eigenvalue weighted by molar-refractivity contribution is -0.385. The van der Waals surface area contributed by atoms with Crippen LogP contribution in [-0.4, -0.2) is 53.6 Å². The van der Waals surface area contributed by atoms with Gasteiger partial charge in [-0.05, 0) is 38.8 Å². The molecule has 1 atom stereocenters. The Kier molecular flexibility index (Phi) is 6.49. The smallest absolute Gasteiger partial charge is 0.323 e. The summed E-state index contributed by atoms with van der Waals surface area (Å²) in [6.45, 7) is 2.63. The lowest BCUT2D eigenvalue weighted by Gasteiger charge is -2.51. The van der Waals surface area contributed by atoms with Crippen molar-refractivity contribution >= 4 is 29.7 Å². The van der Waals surface area contributed by atoms with Crippen molar-refractivity contribution in [2.24, 2.45) is 4.99 Å². The van der Waals surface area contributed by atoms with Crippen LogP contribution in [0.5, 0.6) is 5.75 Å². The van der Waals surface area contributed by atoms with Gasteiger partial charge in [0.25, 0.3) is 5.69 Å². The highest BCUT2D eigenvalue weighted by atomic mass is 35.5. The molecule has 2 amide bonds. The molecule has 1 aromatic carbocycles. The topological polar surface area (TPSA) is 121 Å². The molecule has 1 saturated heterocycles. The van der Waals surface area contributed by atoms with Crippen LogP contribution in [0, 0.1) is 17.0 Å². The number of nitrogens with one attached hydrogen (secondary N) is 3. The van der Waals surface area contributed by atoms with Gasteiger partial charge in [0.15, 0.2) is 5.66 Å². The predicted octanol–water partition coefficient (Wildman–Crippen LogP) is 3.44. The second-order valence-corrected chi connectivity index (χ2v) is 9.18. The Morgan fingerprint density at radius 3 is 2.82 bits per heavy atom. The molecule has 0 aromatic heterocycles. The van der Waals surface area contributed by atoms with Crippen LogP contribution >= 0.6 is 11.6 Å². The molecule has 178 valence electrons. The molecule has 1 aliphatic carbocycles. The Morgan fingerprint density at radius 1 is 1.33 bits per heavy atom. The molecule has 2 aliphatic heterocycles. The normalized spacial score (nSPS) is 23.4. The maximum absolute atomic E-state index is 12.6. The molecule has 1 saturated carbocycles. The van der Waals surface area contributed by atoms with Gasteiger partial charge in [-0.25, -0.2) is 9.79 Å². The van der Waals surface area contributed by atoms with E-state index in [9.17, 15) is 14.9 Å². The number of nitro benzene ring substituents is 1. The van der Waals surface area contributed by atoms with Crippen molar-refractivity contribution in [1.82, 2.24) is 20.9 Å². The number of aryl methyl sites for hydroxylation is 1. The summed E-state index contributed by atoms with van der Waals surface area (Å²) < 4.78 is 5.77. The van der Waals surface area contributed by atoms with Crippen molar-refractivity contribution < 1.29 is 14.5 Å². The molecule has 2 fully saturated rings. The number of amides is 2. The van der Waals surface area contributed by atoms with Gasteiger partial charge in [0, 0.05) is 12.6 Å². The number of halogens is 1. The summed E-state index contributed by atoms with van der Waals surface area (Å²) in [6.07, 6.45) is 9.10. The molecule has 0 bridgehead atoms. The number of carbonyl (C=O) groups excluding carboxylic acids is 1. The van der Waals surface area contributed by atoms with Gasteiger partial charge in [-0.3, -0.25) is 15.0 Å². The second kappa shape index (κ2) is 9.18. The molecule has 33 heavy (non-hydrogen) atoms. The number of hydrogen-bond acceptors (Lipinski definition) is 7. The van der Waals surface area contributed by atoms with Gasteiger partial charge in [-0.15, -0.1) is 0 Å². The minimum absolute atomic E-state index is 0.0155. The van der Waals surface area contributed by atoms with E-state index in [4.69, 9.17) is 16.3 Å². The first-order valence-electron chi connectivity index (χ1n) is 11.2. The van der Waals surface area contributed by atoms with Crippen LogP contribution in [0.25, 0.3) is 0 Å². The lowest BCUT2D eigenvalue weighted by Crippen LogP contribution is -2.75. The monoisotopic (exact) mass is 476 g/mol. The fourth-order valence-electron chi connectivity index (χ4n) is 5.08. The van der Waals surface area contributed by atoms with Crippen molar-refractivity contribution in [2.45, 2.75) is 56.7 Å². The summed E-state index contributed by atoms with van der Waals surface area (Å²) in [7, 11) is 1.75. The number of fused-ring (bicyclic) bond motifs is 1. The maximum atomic E-state index is 12.6. The fourth-order valence-corrected chi connectivity index (χ4v) is 5.35. The molecule has 2 heterocycles. The molecule has 10 nitrogen and oxygen atoms in total. The average molecular weight is 477 g/mol. The minimum atomic E-state index is -0.761. The van der Waals surface area contributed by atoms with Gasteiger partial charge in [0.2, 0.25) is 0 Å². The highest BCUT2D eigenvalue weighted by Crippen LogP contribution is 2.43. The third kappa shape index (κ3) is 4.13. The highest BCUT2D eigenvalue weighted by Gasteiger charge is 2.60. The van der Waals surface area contributed by atoms with E-state index in [1.807, 2.05) is 0 Å². The van der Waals surface area contributed by atoms with E-state index in [0.29, 0.717) is 35.9 Å². The van der Waals surface area contributed by atoms with Crippen LogP contribution in [0.3, 0.4) is 0 Å². The number of urea groups is 1. The molecule has 0 unspecified atom stereocenters. The number of hydrogen-bond donors (Lipinski definition) is 3. The van der Waals surface area contributed by atoms with Crippen LogP contribution in [0.2, 0.25) is 5.02 Å². The molecule has 0 radical (unpaired) electrons. The SMILES string of the molecule is Cc1cc(Cl)c(OCCCNC2([C@@]34NC=NC=C3N(C)C(=O)N4)CCCCC2)cc1[N+](=O)[O-]. The number of nitrogens with zero attached hydrogens (tertiary/aromatic N) is 3. The fraction of sp³-hybridized carbons (Fsp3) is 0.545. The molecule has 3 N–H and O–H groups in total. The van der Waals surface area contributed by atoms with Crippen LogP contribution in [0.15, 0.2) is 29.0 Å². The van der Waals surface area contributed by atoms with Crippen LogP contribution in [0.1, 0.15) is 44.1 Å². The summed E-state index contributed by atoms with van der Waals surface area (Å²) in [6, 6.07) is 2.76. The van der Waals surface area contributed by atoms with E-state index in [0.717, 1.165) is 37.8 Å². The van der Waals surface area contributed by atoms with E-state index in [1.165, 1.54) is 6.07 Å². The molecule has 3 aliphatic rings. The van der Waals surface area contributed by atoms with E-state index in [-0.39, 0.29) is 17.3 Å². The number of rotatable bonds is 8. The van der Waals surface area contributed by atoms with E-state index in [2.05, 4.69) is 20.9 Å². The van der Waals surface area contributed by atoms with E-state index in [1.54, 1.807) is 37.5 Å². The van der Waals surface area contributed by atoms with Gasteiger partial charge < -0.3 is 20.7 Å². The number of benzene rings is 1. The highest BCUT2D eigenvalue weighted by molar-refractivity contribution is 6.32. The first-order chi connectivity index (χ1) is 15.8. The average Bonchev–Trinajstić information content (AvgIpc) is 3.07. The number of ether oxygens (including phenoxy) is 1. The Morgan fingerprint density at radius 2 is 2.09 bits per heavy atom. The number of likely N-dealkylation sites (N-methyl/N-ethyl adjacent to an activating group) is 1. The van der Waals surface area contributed by atoms with Crippen LogP contribution in [0.4, 0.5) is 10.5 Å². The standard InChI is InChI=1S/C22H29ClN6O4/c1-15-11-16(23)18(12-17(15)29(31)32)33-10-6-9-25-21(7-4-3-5-8-21)22-19(13-24-14-26-22)28(2)20(30)27-22/h11-14,25H,3-10H2,1-2H3,(H,24,26)(H,27,30)/t22-/m1/s1. The van der Waals surface area contributed by atoms with Crippen molar-refractivity contribution in [3.05, 3.63) is 44.7 Å². The molecule has 1 aromatic rings. The van der Waals surface area contributed by atoms with Crippen molar-refractivity contribution in [3.63, 3.8) is 0 Å². The van der Waals surface area contributed by atoms with Crippen molar-refractivity contribution in [3.8, 4) is 5.75 Å². The summed E-state index contributed by atoms with van der Waals surface area (Å²) in [5.41, 5.74) is 0.138. The van der Waals surface area contributed by atoms with E-state index >= 15 is 0 Å². The summed E-state index contributed by atoms with van der Waals surface area (Å²) in [5, 5.41) is 21.8. The van der Waals surface area contributed by atoms with Gasteiger partial charge in [0.05, 0.1) is 46.4 Å². The molecular weight excluding hydrogens is 448 g/mol. The Labute approximate surface area is 197 Å². The van der Waals surface area contributed by atoms with Gasteiger partial charge >= 0.3 is 6.03 Å². The summed E-state index contributed by atoms with van der Waals surface area (Å²) in [4.78, 5) is 29.1. The zero-order valence-corrected chi connectivity index (χ0v) is 19.6. The van der Waals surface area contributed by atoms with Gasteiger partial charge in [0.1, 0.15) is 5.75 Å². The predicted molar refractivity (Wildman–Crippen MR) is 126 cm³/mol. The summed E-state index contributed by atoms with van der Waals surface area (Å²) >= 11 is 6.22. The Bertz CT molecular complexity index is 1010. The molecule has 11 heteroatoms. The lowest BCUT2D eigenvalue weighted by atomic mass is 9.70. The van der Waals surface area contributed by atoms with Gasteiger partial charge in [-0.1, -0.05) is 30.9 Å². The number of aliphatic imine (C=N–C) groups is 1. The first kappa shape index (κ1) is 23.3. The largest absolute Gasteiger partial charge is 0.492 e. The van der Waals surface area contributed by atoms with Crippen LogP contribution in [-0.2, 0) is 0 Å². The zero-order valence-electron chi connectivity index (χ0n) is 18.8. The van der Waals surface area contributed by atoms with E-state index < -0.39 is 10.6 Å². The zero-order chi connectivity index (χ0) is 23.6. The van der Waals surface area contributed by atoms with Crippen LogP contribution < -0.4 is 20.7 Å². The van der Waals surface area contributed by atoms with Crippen molar-refractivity contribution in [1.29, 1.82) is 0 Å². The molecule has 4 rings (SSSR count). The van der Waals surface area contributed by atoms with Crippen molar-refractivity contribution in [2.75, 3.05) is 20.2 Å². The summed E-state index contributed by atoms with van der Waals surface area (Å²) in [5.74, 6) is 0.306. The maximum Gasteiger partial charge on any atom is 0.323 e. The van der Waals surface area contributed by atoms with Gasteiger partial charge in [-0.2, -0.15) is 0 Å². The molecular formula is C22H29ClN6O4. The Balaban J connectivity index is 1.44. The first-order valence-corrected chi connectivity index (χ1v) is 11.6. The Hall–Kier alpha value is -2.85. The molecule has 0 spiro atoms. The quantitative estimate of drug-likeness (QED) is 0.300. The third-order valence-electron chi connectivity index (χ3n) is 6.81. The minimum Gasteiger partial charge on any atom is -0.492 e. The second-order valence-electron chi connectivity index (χ2n) is 8.77.